The molecule has 0 saturated carbocycles. The lowest BCUT2D eigenvalue weighted by Gasteiger charge is -2.43. The van der Waals surface area contributed by atoms with E-state index in [0.717, 1.165) is 54.3 Å². The Morgan fingerprint density at radius 2 is 1.81 bits per heavy atom. The summed E-state index contributed by atoms with van der Waals surface area (Å²) in [6.07, 6.45) is 4.10. The van der Waals surface area contributed by atoms with Crippen LogP contribution >= 0.6 is 0 Å². The highest BCUT2D eigenvalue weighted by Crippen LogP contribution is 2.38. The van der Waals surface area contributed by atoms with Gasteiger partial charge in [-0.3, -0.25) is 4.90 Å². The molecule has 1 aromatic carbocycles. The highest BCUT2D eigenvalue weighted by molar-refractivity contribution is 5.72. The molecule has 0 aliphatic carbocycles. The van der Waals surface area contributed by atoms with Crippen LogP contribution in [-0.4, -0.2) is 70.6 Å². The van der Waals surface area contributed by atoms with Crippen molar-refractivity contribution in [2.75, 3.05) is 48.3 Å². The van der Waals surface area contributed by atoms with Gasteiger partial charge in [0.2, 0.25) is 0 Å². The first kappa shape index (κ1) is 22.7. The second kappa shape index (κ2) is 9.07. The lowest BCUT2D eigenvalue weighted by Crippen LogP contribution is -2.56. The Morgan fingerprint density at radius 3 is 2.53 bits per heavy atom. The average molecular weight is 484 g/mol. The zero-order valence-corrected chi connectivity index (χ0v) is 20.4. The molecular formula is C28H30FN7. The summed E-state index contributed by atoms with van der Waals surface area (Å²) in [7, 11) is 0. The second-order valence-electron chi connectivity index (χ2n) is 10.3. The standard InChI is InChI=1S/C28H30FN7/c1-28(29)18-34(19-28)13-5-8-21-14-22(11-12-31-21)36-23-9-10-24(36)17-35(16-23)26-15-25(32-33-27(26)30)20-6-3-2-4-7-20/h2-4,6-7,11-12,14-15,23-24H,9-10,13,16-19H2,1H3,(H2,30,33). The number of likely N-dealkylation sites (tertiary alicyclic amines) is 1. The van der Waals surface area contributed by atoms with Gasteiger partial charge in [-0.05, 0) is 43.9 Å². The van der Waals surface area contributed by atoms with Crippen LogP contribution in [0.15, 0.2) is 54.7 Å². The largest absolute Gasteiger partial charge is 0.380 e. The minimum atomic E-state index is -1.07. The van der Waals surface area contributed by atoms with Crippen LogP contribution in [0.2, 0.25) is 0 Å². The summed E-state index contributed by atoms with van der Waals surface area (Å²) in [5, 5.41) is 8.60. The Bertz CT molecular complexity index is 1290. The van der Waals surface area contributed by atoms with E-state index in [1.54, 1.807) is 6.92 Å². The highest BCUT2D eigenvalue weighted by atomic mass is 19.1. The smallest absolute Gasteiger partial charge is 0.169 e. The number of rotatable bonds is 4. The Morgan fingerprint density at radius 1 is 1.06 bits per heavy atom. The highest BCUT2D eigenvalue weighted by Gasteiger charge is 2.41. The van der Waals surface area contributed by atoms with E-state index < -0.39 is 5.67 Å². The number of fused-ring (bicyclic) bond motifs is 2. The van der Waals surface area contributed by atoms with Gasteiger partial charge < -0.3 is 15.5 Å². The number of nitrogens with zero attached hydrogens (tertiary/aromatic N) is 6. The van der Waals surface area contributed by atoms with E-state index >= 15 is 0 Å². The van der Waals surface area contributed by atoms with E-state index in [4.69, 9.17) is 5.73 Å². The number of hydrogen-bond donors (Lipinski definition) is 1. The minimum Gasteiger partial charge on any atom is -0.380 e. The number of nitrogens with two attached hydrogens (primary N) is 1. The Labute approximate surface area is 211 Å². The molecule has 3 aliphatic rings. The fraction of sp³-hybridized carbons (Fsp3) is 0.393. The van der Waals surface area contributed by atoms with Crippen molar-refractivity contribution in [2.45, 2.75) is 37.5 Å². The van der Waals surface area contributed by atoms with Gasteiger partial charge in [0.1, 0.15) is 11.4 Å². The number of pyridine rings is 1. The molecule has 2 atom stereocenters. The maximum Gasteiger partial charge on any atom is 0.169 e. The van der Waals surface area contributed by atoms with Crippen LogP contribution in [0, 0.1) is 11.8 Å². The zero-order valence-electron chi connectivity index (χ0n) is 20.4. The third kappa shape index (κ3) is 4.47. The molecule has 3 aromatic rings. The number of piperazine rings is 1. The van der Waals surface area contributed by atoms with E-state index in [2.05, 4.69) is 55.0 Å². The van der Waals surface area contributed by atoms with Gasteiger partial charge in [0.05, 0.1) is 17.9 Å². The van der Waals surface area contributed by atoms with E-state index in [-0.39, 0.29) is 0 Å². The molecule has 3 fully saturated rings. The van der Waals surface area contributed by atoms with Crippen molar-refractivity contribution in [2.24, 2.45) is 0 Å². The molecule has 3 saturated heterocycles. The third-order valence-electron chi connectivity index (χ3n) is 7.36. The van der Waals surface area contributed by atoms with E-state index in [1.165, 1.54) is 0 Å². The first-order valence-electron chi connectivity index (χ1n) is 12.5. The van der Waals surface area contributed by atoms with E-state index in [1.807, 2.05) is 41.4 Å². The van der Waals surface area contributed by atoms with E-state index in [0.29, 0.717) is 37.5 Å². The molecule has 7 nitrogen and oxygen atoms in total. The van der Waals surface area contributed by atoms with Gasteiger partial charge >= 0.3 is 0 Å². The van der Waals surface area contributed by atoms with Crippen molar-refractivity contribution >= 4 is 17.2 Å². The normalized spacial score (nSPS) is 22.6. The van der Waals surface area contributed by atoms with Crippen molar-refractivity contribution in [3.05, 3.63) is 60.4 Å². The lowest BCUT2D eigenvalue weighted by molar-refractivity contribution is -0.00799. The second-order valence-corrected chi connectivity index (χ2v) is 10.3. The van der Waals surface area contributed by atoms with Crippen molar-refractivity contribution in [1.29, 1.82) is 0 Å². The van der Waals surface area contributed by atoms with Gasteiger partial charge in [-0.15, -0.1) is 10.2 Å². The van der Waals surface area contributed by atoms with Gasteiger partial charge in [0.25, 0.3) is 0 Å². The monoisotopic (exact) mass is 483 g/mol. The van der Waals surface area contributed by atoms with Crippen LogP contribution in [0.3, 0.4) is 0 Å². The molecule has 8 heteroatoms. The van der Waals surface area contributed by atoms with Crippen molar-refractivity contribution < 1.29 is 4.39 Å². The lowest BCUT2D eigenvalue weighted by atomic mass is 9.99. The number of alkyl halides is 1. The molecule has 5 heterocycles. The third-order valence-corrected chi connectivity index (χ3v) is 7.36. The molecule has 0 radical (unpaired) electrons. The molecule has 6 rings (SSSR count). The summed E-state index contributed by atoms with van der Waals surface area (Å²) in [6.45, 7) is 4.86. The summed E-state index contributed by atoms with van der Waals surface area (Å²) in [4.78, 5) is 11.4. The summed E-state index contributed by atoms with van der Waals surface area (Å²) < 4.78 is 13.7. The van der Waals surface area contributed by atoms with Crippen LogP contribution < -0.4 is 15.5 Å². The predicted octanol–water partition coefficient (Wildman–Crippen LogP) is 3.37. The van der Waals surface area contributed by atoms with Gasteiger partial charge in [0, 0.05) is 55.7 Å². The average Bonchev–Trinajstić information content (AvgIpc) is 3.13. The van der Waals surface area contributed by atoms with Crippen LogP contribution in [0.5, 0.6) is 0 Å². The fourth-order valence-corrected chi connectivity index (χ4v) is 5.80. The van der Waals surface area contributed by atoms with Crippen molar-refractivity contribution in [3.8, 4) is 23.1 Å². The maximum atomic E-state index is 13.7. The maximum absolute atomic E-state index is 13.7. The number of halogens is 1. The summed E-state index contributed by atoms with van der Waals surface area (Å²) in [5.41, 5.74) is 9.97. The molecule has 2 bridgehead atoms. The predicted molar refractivity (Wildman–Crippen MR) is 140 cm³/mol. The molecule has 2 aromatic heterocycles. The van der Waals surface area contributed by atoms with Crippen LogP contribution in [0.1, 0.15) is 25.5 Å². The van der Waals surface area contributed by atoms with Crippen LogP contribution in [0.25, 0.3) is 11.3 Å². The summed E-state index contributed by atoms with van der Waals surface area (Å²) in [5.74, 6) is 6.80. The minimum absolute atomic E-state index is 0.378. The number of anilines is 3. The number of hydrogen-bond acceptors (Lipinski definition) is 7. The molecule has 184 valence electrons. The molecule has 0 spiro atoms. The molecule has 2 N–H and O–H groups in total. The zero-order chi connectivity index (χ0) is 24.7. The molecule has 2 unspecified atom stereocenters. The molecule has 3 aliphatic heterocycles. The van der Waals surface area contributed by atoms with Gasteiger partial charge in [-0.1, -0.05) is 36.3 Å². The first-order chi connectivity index (χ1) is 17.4. The van der Waals surface area contributed by atoms with Gasteiger partial charge in [-0.25, -0.2) is 9.37 Å². The van der Waals surface area contributed by atoms with E-state index in [9.17, 15) is 4.39 Å². The van der Waals surface area contributed by atoms with Crippen molar-refractivity contribution in [3.63, 3.8) is 0 Å². The summed E-state index contributed by atoms with van der Waals surface area (Å²) >= 11 is 0. The summed E-state index contributed by atoms with van der Waals surface area (Å²) in [6, 6.07) is 17.1. The first-order valence-corrected chi connectivity index (χ1v) is 12.5. The van der Waals surface area contributed by atoms with Gasteiger partial charge in [0.15, 0.2) is 5.82 Å². The van der Waals surface area contributed by atoms with Gasteiger partial charge in [-0.2, -0.15) is 0 Å². The molecule has 0 amide bonds. The molecule has 36 heavy (non-hydrogen) atoms. The van der Waals surface area contributed by atoms with Crippen molar-refractivity contribution in [1.82, 2.24) is 20.1 Å². The number of benzene rings is 1. The fourth-order valence-electron chi connectivity index (χ4n) is 5.80. The van der Waals surface area contributed by atoms with Crippen LogP contribution in [-0.2, 0) is 0 Å². The topological polar surface area (TPSA) is 74.4 Å². The number of aromatic nitrogens is 3. The molecular weight excluding hydrogens is 453 g/mol. The van der Waals surface area contributed by atoms with Crippen LogP contribution in [0.4, 0.5) is 21.6 Å². The Balaban J connectivity index is 1.17. The SMILES string of the molecule is CC1(F)CN(CC#Cc2cc(N3C4CCC3CN(c3cc(-c5ccccc5)nnc3N)C4)ccn2)C1. The Hall–Kier alpha value is -3.70. The quantitative estimate of drug-likeness (QED) is 0.571. The number of nitrogen functional groups attached to an aromatic ring is 1. The Kier molecular flexibility index (Phi) is 5.73.